The topological polar surface area (TPSA) is 63.8 Å². The fraction of sp³-hybridized carbons (Fsp3) is 0.0769. The average molecular weight is 607 g/mol. The lowest BCUT2D eigenvalue weighted by molar-refractivity contribution is -0.123. The number of carbonyl (C=O) groups is 1. The van der Waals surface area contributed by atoms with Gasteiger partial charge in [-0.1, -0.05) is 15.9 Å². The highest BCUT2D eigenvalue weighted by atomic mass is 127. The number of halogens is 4. The number of hydrogen-bond acceptors (Lipinski definition) is 4. The molecule has 0 fully saturated rings. The normalized spacial score (nSPS) is 10.9. The van der Waals surface area contributed by atoms with Crippen LogP contribution < -0.4 is 10.2 Å². The fourth-order valence-electron chi connectivity index (χ4n) is 1.36. The van der Waals surface area contributed by atoms with Gasteiger partial charge in [0.05, 0.1) is 15.2 Å². The van der Waals surface area contributed by atoms with Gasteiger partial charge in [-0.25, -0.2) is 5.43 Å². The standard InChI is InChI=1S/C13H8Br3IN2O3/c14-7-1-2-11(9(15)3-7)21-6-12(20)19-18-5-8-4-10(16)13(17)22-8/h1-5H,6H2,(H,19,20)/b18-5+. The van der Waals surface area contributed by atoms with Crippen molar-refractivity contribution in [3.63, 3.8) is 0 Å². The van der Waals surface area contributed by atoms with Gasteiger partial charge >= 0.3 is 0 Å². The summed E-state index contributed by atoms with van der Waals surface area (Å²) in [6.07, 6.45) is 1.42. The third kappa shape index (κ3) is 5.36. The zero-order valence-corrected chi connectivity index (χ0v) is 17.7. The highest BCUT2D eigenvalue weighted by molar-refractivity contribution is 14.1. The van der Waals surface area contributed by atoms with Gasteiger partial charge in [-0.15, -0.1) is 0 Å². The maximum atomic E-state index is 11.6. The number of amides is 1. The smallest absolute Gasteiger partial charge is 0.277 e. The Balaban J connectivity index is 1.83. The van der Waals surface area contributed by atoms with Crippen molar-refractivity contribution in [1.82, 2.24) is 5.43 Å². The minimum Gasteiger partial charge on any atom is -0.483 e. The Hall–Kier alpha value is -0.390. The molecule has 9 heteroatoms. The molecule has 2 rings (SSSR count). The van der Waals surface area contributed by atoms with Crippen LogP contribution in [0.3, 0.4) is 0 Å². The monoisotopic (exact) mass is 604 g/mol. The lowest BCUT2D eigenvalue weighted by Crippen LogP contribution is -2.24. The van der Waals surface area contributed by atoms with E-state index in [0.717, 1.165) is 13.4 Å². The van der Waals surface area contributed by atoms with Crippen molar-refractivity contribution in [2.75, 3.05) is 6.61 Å². The molecule has 2 aromatic rings. The van der Waals surface area contributed by atoms with Crippen LogP contribution in [0.1, 0.15) is 5.76 Å². The third-order valence-corrected chi connectivity index (χ3v) is 5.54. The van der Waals surface area contributed by atoms with Gasteiger partial charge in [-0.05, 0) is 50.1 Å². The molecule has 0 radical (unpaired) electrons. The molecule has 1 amide bonds. The summed E-state index contributed by atoms with van der Waals surface area (Å²) in [5.74, 6) is 0.742. The van der Waals surface area contributed by atoms with Crippen LogP contribution in [0.15, 0.2) is 47.2 Å². The van der Waals surface area contributed by atoms with Crippen molar-refractivity contribution < 1.29 is 13.9 Å². The van der Waals surface area contributed by atoms with Crippen molar-refractivity contribution in [2.45, 2.75) is 0 Å². The van der Waals surface area contributed by atoms with Crippen LogP contribution in [-0.4, -0.2) is 18.7 Å². The molecule has 0 aliphatic rings. The number of rotatable bonds is 5. The van der Waals surface area contributed by atoms with Crippen molar-refractivity contribution in [2.24, 2.45) is 5.10 Å². The molecule has 1 heterocycles. The van der Waals surface area contributed by atoms with Gasteiger partial charge in [0.15, 0.2) is 10.4 Å². The molecular formula is C13H8Br3IN2O3. The number of hydrogen-bond donors (Lipinski definition) is 1. The van der Waals surface area contributed by atoms with Crippen LogP contribution in [0.5, 0.6) is 5.75 Å². The Bertz CT molecular complexity index is 699. The Morgan fingerprint density at radius 3 is 2.73 bits per heavy atom. The summed E-state index contributed by atoms with van der Waals surface area (Å²) in [4.78, 5) is 11.6. The minimum absolute atomic E-state index is 0.142. The van der Waals surface area contributed by atoms with E-state index in [2.05, 4.69) is 58.3 Å². The zero-order chi connectivity index (χ0) is 16.1. The number of hydrazone groups is 1. The van der Waals surface area contributed by atoms with Gasteiger partial charge in [0.2, 0.25) is 0 Å². The van der Waals surface area contributed by atoms with Crippen LogP contribution in [0.2, 0.25) is 0 Å². The van der Waals surface area contributed by atoms with Gasteiger partial charge in [-0.2, -0.15) is 5.10 Å². The van der Waals surface area contributed by atoms with Crippen LogP contribution in [0, 0.1) is 3.77 Å². The van der Waals surface area contributed by atoms with E-state index in [4.69, 9.17) is 9.15 Å². The largest absolute Gasteiger partial charge is 0.483 e. The molecule has 116 valence electrons. The van der Waals surface area contributed by atoms with Crippen LogP contribution in [0.4, 0.5) is 0 Å². The average Bonchev–Trinajstić information content (AvgIpc) is 2.76. The van der Waals surface area contributed by atoms with E-state index in [1.54, 1.807) is 12.1 Å². The summed E-state index contributed by atoms with van der Waals surface area (Å²) < 4.78 is 14.0. The van der Waals surface area contributed by atoms with E-state index < -0.39 is 0 Å². The van der Waals surface area contributed by atoms with E-state index in [-0.39, 0.29) is 12.5 Å². The number of nitrogens with one attached hydrogen (secondary N) is 1. The molecule has 0 saturated heterocycles. The Kier molecular flexibility index (Phi) is 6.90. The minimum atomic E-state index is -0.369. The van der Waals surface area contributed by atoms with Gasteiger partial charge in [-0.3, -0.25) is 4.79 Å². The van der Waals surface area contributed by atoms with Crippen molar-refractivity contribution in [3.05, 3.63) is 47.2 Å². The number of carbonyl (C=O) groups excluding carboxylic acids is 1. The summed E-state index contributed by atoms with van der Waals surface area (Å²) in [7, 11) is 0. The quantitative estimate of drug-likeness (QED) is 0.305. The highest BCUT2D eigenvalue weighted by Crippen LogP contribution is 2.28. The number of nitrogens with zero attached hydrogens (tertiary/aromatic N) is 1. The third-order valence-electron chi connectivity index (χ3n) is 2.30. The number of ether oxygens (including phenoxy) is 1. The van der Waals surface area contributed by atoms with Crippen LogP contribution in [0.25, 0.3) is 0 Å². The Labute approximate surface area is 165 Å². The summed E-state index contributed by atoms with van der Waals surface area (Å²) in [5, 5.41) is 3.80. The van der Waals surface area contributed by atoms with E-state index in [9.17, 15) is 4.79 Å². The molecule has 5 nitrogen and oxygen atoms in total. The second kappa shape index (κ2) is 8.46. The number of benzene rings is 1. The maximum absolute atomic E-state index is 11.6. The molecule has 1 aromatic heterocycles. The SMILES string of the molecule is O=C(COc1ccc(Br)cc1Br)N/N=C/c1cc(Br)c(I)o1. The summed E-state index contributed by atoms with van der Waals surface area (Å²) in [5.41, 5.74) is 2.36. The second-order valence-electron chi connectivity index (χ2n) is 3.93. The second-order valence-corrected chi connectivity index (χ2v) is 7.53. The van der Waals surface area contributed by atoms with Gasteiger partial charge in [0, 0.05) is 33.1 Å². The summed E-state index contributed by atoms with van der Waals surface area (Å²) in [6.45, 7) is -0.142. The molecule has 22 heavy (non-hydrogen) atoms. The molecular weight excluding hydrogens is 599 g/mol. The van der Waals surface area contributed by atoms with Crippen molar-refractivity contribution >= 4 is 82.5 Å². The van der Waals surface area contributed by atoms with E-state index >= 15 is 0 Å². The van der Waals surface area contributed by atoms with E-state index in [1.807, 2.05) is 34.7 Å². The van der Waals surface area contributed by atoms with E-state index in [0.29, 0.717) is 15.3 Å². The fourth-order valence-corrected chi connectivity index (χ4v) is 3.24. The molecule has 0 unspecified atom stereocenters. The van der Waals surface area contributed by atoms with Crippen molar-refractivity contribution in [3.8, 4) is 5.75 Å². The number of furan rings is 1. The summed E-state index contributed by atoms with van der Waals surface area (Å²) in [6, 6.07) is 7.17. The van der Waals surface area contributed by atoms with Gasteiger partial charge in [0.25, 0.3) is 5.91 Å². The van der Waals surface area contributed by atoms with Crippen LogP contribution in [-0.2, 0) is 4.79 Å². The van der Waals surface area contributed by atoms with Crippen LogP contribution >= 0.6 is 70.4 Å². The molecule has 1 N–H and O–H groups in total. The first-order valence-corrected chi connectivity index (χ1v) is 9.26. The zero-order valence-electron chi connectivity index (χ0n) is 10.8. The first-order chi connectivity index (χ1) is 10.5. The molecule has 0 spiro atoms. The Morgan fingerprint density at radius 1 is 1.32 bits per heavy atom. The lowest BCUT2D eigenvalue weighted by atomic mass is 10.3. The van der Waals surface area contributed by atoms with Crippen molar-refractivity contribution in [1.29, 1.82) is 0 Å². The lowest BCUT2D eigenvalue weighted by Gasteiger charge is -2.07. The molecule has 0 aliphatic heterocycles. The first-order valence-electron chi connectivity index (χ1n) is 5.80. The van der Waals surface area contributed by atoms with E-state index in [1.165, 1.54) is 6.21 Å². The molecule has 0 aliphatic carbocycles. The predicted molar refractivity (Wildman–Crippen MR) is 102 cm³/mol. The van der Waals surface area contributed by atoms with Gasteiger partial charge in [0.1, 0.15) is 11.5 Å². The summed E-state index contributed by atoms with van der Waals surface area (Å²) >= 11 is 12.1. The molecule has 0 saturated carbocycles. The first kappa shape index (κ1) is 18.0. The molecule has 0 bridgehead atoms. The predicted octanol–water partition coefficient (Wildman–Crippen LogP) is 4.70. The molecule has 1 aromatic carbocycles. The van der Waals surface area contributed by atoms with Gasteiger partial charge < -0.3 is 9.15 Å². The maximum Gasteiger partial charge on any atom is 0.277 e. The molecule has 0 atom stereocenters. The Morgan fingerprint density at radius 2 is 2.09 bits per heavy atom. The highest BCUT2D eigenvalue weighted by Gasteiger charge is 2.06.